The molecule has 0 heterocycles. The lowest BCUT2D eigenvalue weighted by atomic mass is 10.00. The fraction of sp³-hybridized carbons (Fsp3) is 0.927. The van der Waals surface area contributed by atoms with Crippen molar-refractivity contribution in [1.29, 1.82) is 0 Å². The third-order valence-electron chi connectivity index (χ3n) is 9.40. The van der Waals surface area contributed by atoms with Crippen LogP contribution in [0.25, 0.3) is 0 Å². The van der Waals surface area contributed by atoms with Gasteiger partial charge in [-0.25, -0.2) is 0 Å². The fourth-order valence-corrected chi connectivity index (χ4v) is 5.89. The van der Waals surface area contributed by atoms with Crippen molar-refractivity contribution < 1.29 is 28.6 Å². The molecule has 0 radical (unpaired) electrons. The predicted octanol–water partition coefficient (Wildman–Crippen LogP) is 12.4. The number of unbranched alkanes of at least 4 members (excludes halogenated alkanes) is 22. The van der Waals surface area contributed by atoms with E-state index in [-0.39, 0.29) is 31.1 Å². The first kappa shape index (κ1) is 45.4. The lowest BCUT2D eigenvalue weighted by molar-refractivity contribution is -0.167. The molecule has 0 aliphatic rings. The van der Waals surface area contributed by atoms with E-state index in [1.807, 2.05) is 0 Å². The van der Waals surface area contributed by atoms with E-state index in [9.17, 15) is 14.4 Å². The highest BCUT2D eigenvalue weighted by Gasteiger charge is 2.19. The van der Waals surface area contributed by atoms with Crippen LogP contribution < -0.4 is 0 Å². The van der Waals surface area contributed by atoms with Gasteiger partial charge in [0.2, 0.25) is 0 Å². The van der Waals surface area contributed by atoms with Gasteiger partial charge in [-0.3, -0.25) is 14.4 Å². The summed E-state index contributed by atoms with van der Waals surface area (Å²) in [6, 6.07) is 0. The third kappa shape index (κ3) is 34.1. The number of esters is 3. The average Bonchev–Trinajstić information content (AvgIpc) is 3.06. The lowest BCUT2D eigenvalue weighted by Gasteiger charge is -2.18. The summed E-state index contributed by atoms with van der Waals surface area (Å²) in [7, 11) is 0. The maximum Gasteiger partial charge on any atom is 0.306 e. The third-order valence-corrected chi connectivity index (χ3v) is 9.40. The molecule has 0 rings (SSSR count). The molecule has 0 bridgehead atoms. The first-order valence-corrected chi connectivity index (χ1v) is 20.4. The summed E-state index contributed by atoms with van der Waals surface area (Å²) in [5.74, 6) is -0.0637. The molecule has 1 unspecified atom stereocenters. The van der Waals surface area contributed by atoms with E-state index in [2.05, 4.69) is 27.7 Å². The van der Waals surface area contributed by atoms with Crippen molar-refractivity contribution in [2.45, 2.75) is 226 Å². The monoisotopic (exact) mass is 667 g/mol. The van der Waals surface area contributed by atoms with Crippen LogP contribution in [0.2, 0.25) is 0 Å². The van der Waals surface area contributed by atoms with Crippen molar-refractivity contribution in [1.82, 2.24) is 0 Å². The van der Waals surface area contributed by atoms with Crippen LogP contribution >= 0.6 is 0 Å². The van der Waals surface area contributed by atoms with Crippen LogP contribution in [0.3, 0.4) is 0 Å². The van der Waals surface area contributed by atoms with Gasteiger partial charge in [0.15, 0.2) is 6.10 Å². The number of carbonyl (C=O) groups excluding carboxylic acids is 3. The van der Waals surface area contributed by atoms with Crippen LogP contribution in [0.4, 0.5) is 0 Å². The van der Waals surface area contributed by atoms with E-state index >= 15 is 0 Å². The second-order valence-corrected chi connectivity index (χ2v) is 14.2. The Bertz CT molecular complexity index is 708. The molecule has 2 atom stereocenters. The highest BCUT2D eigenvalue weighted by atomic mass is 16.6. The highest BCUT2D eigenvalue weighted by molar-refractivity contribution is 5.71. The number of rotatable bonds is 36. The Morgan fingerprint density at radius 2 is 0.745 bits per heavy atom. The first-order valence-electron chi connectivity index (χ1n) is 20.4. The molecule has 0 aromatic carbocycles. The summed E-state index contributed by atoms with van der Waals surface area (Å²) in [4.78, 5) is 37.2. The maximum atomic E-state index is 12.5. The molecule has 0 aliphatic carbocycles. The molecular formula is C41H78O6. The van der Waals surface area contributed by atoms with Crippen molar-refractivity contribution in [2.24, 2.45) is 5.92 Å². The molecule has 0 saturated heterocycles. The number of hydrogen-bond acceptors (Lipinski definition) is 6. The summed E-state index contributed by atoms with van der Waals surface area (Å²) in [6.07, 6.45) is 32.6. The van der Waals surface area contributed by atoms with E-state index in [1.54, 1.807) is 0 Å². The van der Waals surface area contributed by atoms with Gasteiger partial charge in [0.25, 0.3) is 0 Å². The van der Waals surface area contributed by atoms with Crippen molar-refractivity contribution in [3.63, 3.8) is 0 Å². The van der Waals surface area contributed by atoms with Crippen LogP contribution in [0.15, 0.2) is 0 Å². The Kier molecular flexibility index (Phi) is 34.5. The molecule has 0 fully saturated rings. The highest BCUT2D eigenvalue weighted by Crippen LogP contribution is 2.16. The van der Waals surface area contributed by atoms with Gasteiger partial charge >= 0.3 is 17.9 Å². The van der Waals surface area contributed by atoms with Crippen LogP contribution in [0.1, 0.15) is 220 Å². The average molecular weight is 667 g/mol. The smallest absolute Gasteiger partial charge is 0.306 e. The summed E-state index contributed by atoms with van der Waals surface area (Å²) >= 11 is 0. The molecule has 0 spiro atoms. The van der Waals surface area contributed by atoms with Gasteiger partial charge in [0.05, 0.1) is 0 Å². The summed E-state index contributed by atoms with van der Waals surface area (Å²) in [5, 5.41) is 0. The second kappa shape index (κ2) is 35.7. The van der Waals surface area contributed by atoms with Crippen molar-refractivity contribution in [3.8, 4) is 0 Å². The number of carbonyl (C=O) groups is 3. The van der Waals surface area contributed by atoms with Crippen LogP contribution in [0, 0.1) is 5.92 Å². The Morgan fingerprint density at radius 3 is 1.11 bits per heavy atom. The zero-order chi connectivity index (χ0) is 34.6. The van der Waals surface area contributed by atoms with E-state index in [1.165, 1.54) is 109 Å². The Morgan fingerprint density at radius 1 is 0.426 bits per heavy atom. The molecule has 0 amide bonds. The van der Waals surface area contributed by atoms with Gasteiger partial charge in [-0.2, -0.15) is 0 Å². The minimum absolute atomic E-state index is 0.0665. The van der Waals surface area contributed by atoms with Crippen LogP contribution in [-0.2, 0) is 28.6 Å². The van der Waals surface area contributed by atoms with Gasteiger partial charge < -0.3 is 14.2 Å². The molecule has 6 heteroatoms. The summed E-state index contributed by atoms with van der Waals surface area (Å²) < 4.78 is 16.5. The molecule has 0 aromatic rings. The Hall–Kier alpha value is -1.59. The largest absolute Gasteiger partial charge is 0.462 e. The summed E-state index contributed by atoms with van der Waals surface area (Å²) in [5.41, 5.74) is 0. The molecule has 0 saturated carbocycles. The van der Waals surface area contributed by atoms with E-state index < -0.39 is 6.10 Å². The Labute approximate surface area is 291 Å². The van der Waals surface area contributed by atoms with Gasteiger partial charge in [-0.1, -0.05) is 182 Å². The van der Waals surface area contributed by atoms with Crippen LogP contribution in [-0.4, -0.2) is 37.2 Å². The predicted molar refractivity (Wildman–Crippen MR) is 196 cm³/mol. The summed E-state index contributed by atoms with van der Waals surface area (Å²) in [6.45, 7) is 8.86. The van der Waals surface area contributed by atoms with Gasteiger partial charge in [-0.05, 0) is 25.2 Å². The molecule has 278 valence electrons. The zero-order valence-corrected chi connectivity index (χ0v) is 31.7. The van der Waals surface area contributed by atoms with E-state index in [4.69, 9.17) is 14.2 Å². The first-order chi connectivity index (χ1) is 22.9. The minimum Gasteiger partial charge on any atom is -0.462 e. The van der Waals surface area contributed by atoms with E-state index in [0.717, 1.165) is 70.1 Å². The van der Waals surface area contributed by atoms with Crippen molar-refractivity contribution in [2.75, 3.05) is 13.2 Å². The SMILES string of the molecule is CCCCCCCCCCCCCCCCC(=O)OC[C@H](COC(=O)CCCCCCCCC(C)CC)OC(=O)CCCCCCC. The van der Waals surface area contributed by atoms with Crippen molar-refractivity contribution in [3.05, 3.63) is 0 Å². The second-order valence-electron chi connectivity index (χ2n) is 14.2. The van der Waals surface area contributed by atoms with E-state index in [0.29, 0.717) is 19.3 Å². The standard InChI is InChI=1S/C41H78O6/c1-5-8-10-12-13-14-15-16-17-18-19-20-25-28-32-39(42)45-35-38(47-41(44)34-30-23-11-9-6-2)36-46-40(43)33-29-26-22-21-24-27-31-37(4)7-3/h37-38H,5-36H2,1-4H3/t37?,38-/m1/s1. The topological polar surface area (TPSA) is 78.9 Å². The zero-order valence-electron chi connectivity index (χ0n) is 31.7. The Balaban J connectivity index is 4.19. The number of hydrogen-bond donors (Lipinski definition) is 0. The lowest BCUT2D eigenvalue weighted by Crippen LogP contribution is -2.30. The number of ether oxygens (including phenoxy) is 3. The molecule has 6 nitrogen and oxygen atoms in total. The van der Waals surface area contributed by atoms with Gasteiger partial charge in [-0.15, -0.1) is 0 Å². The molecule has 47 heavy (non-hydrogen) atoms. The quantitative estimate of drug-likeness (QED) is 0.0376. The fourth-order valence-electron chi connectivity index (χ4n) is 5.89. The molecule has 0 aromatic heterocycles. The minimum atomic E-state index is -0.757. The van der Waals surface area contributed by atoms with Crippen molar-refractivity contribution >= 4 is 17.9 Å². The molecule has 0 aliphatic heterocycles. The maximum absolute atomic E-state index is 12.5. The normalized spacial score (nSPS) is 12.5. The van der Waals surface area contributed by atoms with Gasteiger partial charge in [0.1, 0.15) is 13.2 Å². The van der Waals surface area contributed by atoms with Crippen LogP contribution in [0.5, 0.6) is 0 Å². The molecular weight excluding hydrogens is 588 g/mol. The molecule has 0 N–H and O–H groups in total. The van der Waals surface area contributed by atoms with Gasteiger partial charge in [0, 0.05) is 19.3 Å².